The highest BCUT2D eigenvalue weighted by Crippen LogP contribution is 2.36. The van der Waals surface area contributed by atoms with Crippen molar-refractivity contribution in [3.8, 4) is 6.07 Å². The second-order valence-electron chi connectivity index (χ2n) is 8.40. The number of sulfonamides is 1. The molecule has 0 spiro atoms. The van der Waals surface area contributed by atoms with Crippen molar-refractivity contribution in [2.45, 2.75) is 28.5 Å². The van der Waals surface area contributed by atoms with E-state index in [-0.39, 0.29) is 23.9 Å². The van der Waals surface area contributed by atoms with Gasteiger partial charge in [0.1, 0.15) is 0 Å². The molecule has 0 radical (unpaired) electrons. The number of hydrogen-bond donors (Lipinski definition) is 0. The Hall–Kier alpha value is -2.39. The molecular weight excluding hydrogens is 593 g/mol. The molecule has 9 heteroatoms. The van der Waals surface area contributed by atoms with E-state index in [2.05, 4.69) is 28.7 Å². The second kappa shape index (κ2) is 10.7. The van der Waals surface area contributed by atoms with Gasteiger partial charge >= 0.3 is 0 Å². The summed E-state index contributed by atoms with van der Waals surface area (Å²) in [5.74, 6) is -0.0983. The molecule has 1 heterocycles. The summed E-state index contributed by atoms with van der Waals surface area (Å²) < 4.78 is 29.8. The predicted octanol–water partition coefficient (Wildman–Crippen LogP) is 5.08. The van der Waals surface area contributed by atoms with Gasteiger partial charge in [0.2, 0.25) is 10.0 Å². The van der Waals surface area contributed by atoms with Crippen LogP contribution < -0.4 is 0 Å². The smallest absolute Gasteiger partial charge is 0.253 e. The summed E-state index contributed by atoms with van der Waals surface area (Å²) >= 11 is 3.61. The summed E-state index contributed by atoms with van der Waals surface area (Å²) in [6.45, 7) is 4.97. The van der Waals surface area contributed by atoms with Gasteiger partial charge in [0, 0.05) is 45.1 Å². The maximum Gasteiger partial charge on any atom is 0.253 e. The van der Waals surface area contributed by atoms with E-state index in [0.29, 0.717) is 29.1 Å². The Morgan fingerprint density at radius 1 is 0.943 bits per heavy atom. The van der Waals surface area contributed by atoms with Crippen LogP contribution in [0.5, 0.6) is 0 Å². The van der Waals surface area contributed by atoms with E-state index in [4.69, 9.17) is 0 Å². The fraction of sp³-hybridized carbons (Fsp3) is 0.231. The zero-order valence-electron chi connectivity index (χ0n) is 19.4. The number of amides is 1. The van der Waals surface area contributed by atoms with E-state index >= 15 is 0 Å². The number of carbonyl (C=O) groups excluding carboxylic acids is 1. The Morgan fingerprint density at radius 2 is 1.63 bits per heavy atom. The van der Waals surface area contributed by atoms with Gasteiger partial charge in [-0.1, -0.05) is 29.5 Å². The van der Waals surface area contributed by atoms with Crippen molar-refractivity contribution in [2.24, 2.45) is 0 Å². The summed E-state index contributed by atoms with van der Waals surface area (Å²) in [4.78, 5) is 16.2. The Kier molecular flexibility index (Phi) is 7.86. The van der Waals surface area contributed by atoms with Crippen molar-refractivity contribution >= 4 is 50.3 Å². The summed E-state index contributed by atoms with van der Waals surface area (Å²) in [5.41, 5.74) is 3.05. The van der Waals surface area contributed by atoms with Crippen molar-refractivity contribution in [2.75, 3.05) is 26.2 Å². The number of halogens is 1. The maximum absolute atomic E-state index is 13.7. The third-order valence-corrected chi connectivity index (χ3v) is 9.50. The van der Waals surface area contributed by atoms with E-state index in [1.807, 2.05) is 44.2 Å². The molecule has 3 aromatic rings. The predicted molar refractivity (Wildman–Crippen MR) is 145 cm³/mol. The lowest BCUT2D eigenvalue weighted by Gasteiger charge is -2.34. The van der Waals surface area contributed by atoms with Gasteiger partial charge in [-0.25, -0.2) is 8.42 Å². The minimum atomic E-state index is -3.86. The lowest BCUT2D eigenvalue weighted by Crippen LogP contribution is -2.50. The van der Waals surface area contributed by atoms with E-state index in [9.17, 15) is 18.5 Å². The number of aryl methyl sites for hydroxylation is 2. The summed E-state index contributed by atoms with van der Waals surface area (Å²) in [7, 11) is -3.86. The number of carbonyl (C=O) groups is 1. The number of nitriles is 1. The van der Waals surface area contributed by atoms with Gasteiger partial charge < -0.3 is 4.90 Å². The standard InChI is InChI=1S/C26H24IN3O3S2/c1-18-3-6-21(7-4-18)26(31)29-9-11-30(12-10-29)35(32,33)25-15-20(17-28)5-8-24(25)34-23-14-19(2)13-22(27)16-23/h3-8,13-16H,9-12H2,1-2H3. The average molecular weight is 618 g/mol. The SMILES string of the molecule is Cc1ccc(C(=O)N2CCN(S(=O)(=O)c3cc(C#N)ccc3Sc3cc(C)cc(I)c3)CC2)cc1. The van der Waals surface area contributed by atoms with Crippen molar-refractivity contribution < 1.29 is 13.2 Å². The van der Waals surface area contributed by atoms with E-state index in [0.717, 1.165) is 19.6 Å². The third kappa shape index (κ3) is 5.89. The molecule has 0 aliphatic carbocycles. The van der Waals surface area contributed by atoms with Gasteiger partial charge in [-0.15, -0.1) is 0 Å². The summed E-state index contributed by atoms with van der Waals surface area (Å²) in [6, 6.07) is 20.3. The van der Waals surface area contributed by atoms with Gasteiger partial charge in [-0.3, -0.25) is 4.79 Å². The zero-order valence-corrected chi connectivity index (χ0v) is 23.2. The largest absolute Gasteiger partial charge is 0.336 e. The van der Waals surface area contributed by atoms with Crippen LogP contribution in [0.15, 0.2) is 75.4 Å². The average Bonchev–Trinajstić information content (AvgIpc) is 2.83. The molecule has 4 rings (SSSR count). The molecule has 0 unspecified atom stereocenters. The van der Waals surface area contributed by atoms with Crippen molar-refractivity contribution in [3.63, 3.8) is 0 Å². The van der Waals surface area contributed by atoms with Crippen LogP contribution in [0.4, 0.5) is 0 Å². The zero-order chi connectivity index (χ0) is 25.2. The minimum Gasteiger partial charge on any atom is -0.336 e. The molecule has 180 valence electrons. The first-order valence-corrected chi connectivity index (χ1v) is 14.4. The van der Waals surface area contributed by atoms with Crippen LogP contribution in [0.1, 0.15) is 27.0 Å². The van der Waals surface area contributed by atoms with Gasteiger partial charge in [-0.05, 0) is 90.5 Å². The number of benzene rings is 3. The van der Waals surface area contributed by atoms with Crippen LogP contribution in [0.3, 0.4) is 0 Å². The second-order valence-corrected chi connectivity index (χ2v) is 12.7. The Labute approximate surface area is 224 Å². The Balaban J connectivity index is 1.57. The number of hydrogen-bond acceptors (Lipinski definition) is 5. The van der Waals surface area contributed by atoms with Gasteiger partial charge in [0.05, 0.1) is 16.5 Å². The molecular formula is C26H24IN3O3S2. The molecule has 1 aliphatic rings. The third-order valence-electron chi connectivity index (χ3n) is 5.76. The van der Waals surface area contributed by atoms with Gasteiger partial charge in [0.15, 0.2) is 0 Å². The lowest BCUT2D eigenvalue weighted by molar-refractivity contribution is 0.0698. The fourth-order valence-corrected chi connectivity index (χ4v) is 7.88. The Morgan fingerprint density at radius 3 is 2.26 bits per heavy atom. The number of rotatable bonds is 5. The maximum atomic E-state index is 13.7. The molecule has 1 amide bonds. The molecule has 1 aliphatic heterocycles. The minimum absolute atomic E-state index is 0.0983. The summed E-state index contributed by atoms with van der Waals surface area (Å²) in [6.07, 6.45) is 0. The van der Waals surface area contributed by atoms with Gasteiger partial charge in [0.25, 0.3) is 5.91 Å². The molecule has 1 saturated heterocycles. The van der Waals surface area contributed by atoms with Crippen LogP contribution in [0.2, 0.25) is 0 Å². The van der Waals surface area contributed by atoms with Crippen molar-refractivity contribution in [3.05, 3.63) is 86.5 Å². The quantitative estimate of drug-likeness (QED) is 0.374. The normalized spacial score (nSPS) is 14.5. The molecule has 0 atom stereocenters. The topological polar surface area (TPSA) is 81.5 Å². The first-order chi connectivity index (χ1) is 16.7. The molecule has 0 N–H and O–H groups in total. The summed E-state index contributed by atoms with van der Waals surface area (Å²) in [5, 5.41) is 9.40. The number of nitrogens with zero attached hydrogens (tertiary/aromatic N) is 3. The first-order valence-electron chi connectivity index (χ1n) is 11.0. The molecule has 1 fully saturated rings. The monoisotopic (exact) mass is 617 g/mol. The molecule has 35 heavy (non-hydrogen) atoms. The molecule has 0 saturated carbocycles. The fourth-order valence-electron chi connectivity index (χ4n) is 3.90. The van der Waals surface area contributed by atoms with Crippen LogP contribution >= 0.6 is 34.4 Å². The van der Waals surface area contributed by atoms with Crippen LogP contribution in [-0.2, 0) is 10.0 Å². The van der Waals surface area contributed by atoms with Crippen LogP contribution in [-0.4, -0.2) is 49.7 Å². The highest BCUT2D eigenvalue weighted by atomic mass is 127. The number of piperazine rings is 1. The highest BCUT2D eigenvalue weighted by Gasteiger charge is 2.32. The first kappa shape index (κ1) is 25.7. The molecule has 6 nitrogen and oxygen atoms in total. The van der Waals surface area contributed by atoms with Crippen LogP contribution in [0, 0.1) is 28.7 Å². The Bertz CT molecular complexity index is 1390. The van der Waals surface area contributed by atoms with Crippen molar-refractivity contribution in [1.82, 2.24) is 9.21 Å². The molecule has 0 aromatic heterocycles. The van der Waals surface area contributed by atoms with E-state index in [1.165, 1.54) is 22.1 Å². The van der Waals surface area contributed by atoms with Crippen molar-refractivity contribution in [1.29, 1.82) is 5.26 Å². The lowest BCUT2D eigenvalue weighted by atomic mass is 10.1. The molecule has 0 bridgehead atoms. The van der Waals surface area contributed by atoms with E-state index in [1.54, 1.807) is 29.2 Å². The van der Waals surface area contributed by atoms with E-state index < -0.39 is 10.0 Å². The highest BCUT2D eigenvalue weighted by molar-refractivity contribution is 14.1. The van der Waals surface area contributed by atoms with Gasteiger partial charge in [-0.2, -0.15) is 9.57 Å². The molecule has 3 aromatic carbocycles. The van der Waals surface area contributed by atoms with Crippen LogP contribution in [0.25, 0.3) is 0 Å².